The van der Waals surface area contributed by atoms with Gasteiger partial charge in [0.05, 0.1) is 27.9 Å². The summed E-state index contributed by atoms with van der Waals surface area (Å²) < 4.78 is 27.6. The van der Waals surface area contributed by atoms with Crippen LogP contribution in [-0.2, 0) is 21.4 Å². The van der Waals surface area contributed by atoms with Crippen molar-refractivity contribution in [2.24, 2.45) is 0 Å². The summed E-state index contributed by atoms with van der Waals surface area (Å²) in [6.07, 6.45) is 0. The fourth-order valence-electron chi connectivity index (χ4n) is 3.23. The molecule has 1 fully saturated rings. The van der Waals surface area contributed by atoms with Gasteiger partial charge < -0.3 is 5.32 Å². The van der Waals surface area contributed by atoms with Crippen molar-refractivity contribution in [3.05, 3.63) is 58.4 Å². The molecule has 0 saturated carbocycles. The highest BCUT2D eigenvalue weighted by molar-refractivity contribution is 8.00. The van der Waals surface area contributed by atoms with Gasteiger partial charge in [0.1, 0.15) is 11.0 Å². The third-order valence-electron chi connectivity index (χ3n) is 5.03. The quantitative estimate of drug-likeness (QED) is 0.529. The lowest BCUT2D eigenvalue weighted by molar-refractivity contribution is -0.124. The standard InChI is InChI=1S/C21H23N3O3S4/c1-14(2)15-5-7-17(8-6-15)31(26,27)24-13-28-12-18(24)20(25)22-10-16-11-30-21(23-16)19-4-3-9-29-19/h3-9,11,14,18H,10,12-13H2,1-2H3,(H,22,25)/t18-/m1/s1. The predicted octanol–water partition coefficient (Wildman–Crippen LogP) is 4.38. The van der Waals surface area contributed by atoms with Crippen molar-refractivity contribution < 1.29 is 13.2 Å². The topological polar surface area (TPSA) is 79.4 Å². The molecule has 164 valence electrons. The Morgan fingerprint density at radius 1 is 1.23 bits per heavy atom. The molecule has 1 aromatic carbocycles. The number of rotatable bonds is 7. The Kier molecular flexibility index (Phi) is 6.83. The summed E-state index contributed by atoms with van der Waals surface area (Å²) in [4.78, 5) is 18.7. The van der Waals surface area contributed by atoms with Crippen LogP contribution in [0.4, 0.5) is 0 Å². The van der Waals surface area contributed by atoms with Crippen molar-refractivity contribution >= 4 is 50.4 Å². The number of nitrogens with zero attached hydrogens (tertiary/aromatic N) is 2. The van der Waals surface area contributed by atoms with Gasteiger partial charge in [0.2, 0.25) is 15.9 Å². The summed E-state index contributed by atoms with van der Waals surface area (Å²) in [6.45, 7) is 4.40. The number of carbonyl (C=O) groups excluding carboxylic acids is 1. The van der Waals surface area contributed by atoms with Gasteiger partial charge in [0.15, 0.2) is 0 Å². The molecule has 3 aromatic rings. The number of thiazole rings is 1. The summed E-state index contributed by atoms with van der Waals surface area (Å²) in [6, 6.07) is 10.2. The van der Waals surface area contributed by atoms with Crippen molar-refractivity contribution in [1.29, 1.82) is 0 Å². The van der Waals surface area contributed by atoms with Gasteiger partial charge in [-0.1, -0.05) is 32.0 Å². The Bertz CT molecular complexity index is 1140. The molecule has 1 saturated heterocycles. The van der Waals surface area contributed by atoms with E-state index in [0.717, 1.165) is 21.1 Å². The first kappa shape index (κ1) is 22.5. The van der Waals surface area contributed by atoms with Gasteiger partial charge in [-0.3, -0.25) is 4.79 Å². The number of hydrogen-bond acceptors (Lipinski definition) is 7. The van der Waals surface area contributed by atoms with Crippen molar-refractivity contribution in [2.45, 2.75) is 37.2 Å². The monoisotopic (exact) mass is 493 g/mol. The number of sulfonamides is 1. The molecule has 0 aliphatic carbocycles. The largest absolute Gasteiger partial charge is 0.349 e. The number of thioether (sulfide) groups is 1. The van der Waals surface area contributed by atoms with Crippen LogP contribution >= 0.6 is 34.4 Å². The Morgan fingerprint density at radius 2 is 2.00 bits per heavy atom. The van der Waals surface area contributed by atoms with E-state index in [4.69, 9.17) is 0 Å². The lowest BCUT2D eigenvalue weighted by Gasteiger charge is -2.22. The van der Waals surface area contributed by atoms with E-state index in [1.807, 2.05) is 35.0 Å². The first-order chi connectivity index (χ1) is 14.9. The van der Waals surface area contributed by atoms with Crippen molar-refractivity contribution in [1.82, 2.24) is 14.6 Å². The van der Waals surface area contributed by atoms with E-state index in [1.165, 1.54) is 27.4 Å². The van der Waals surface area contributed by atoms with Crippen LogP contribution in [0.25, 0.3) is 9.88 Å². The zero-order valence-corrected chi connectivity index (χ0v) is 20.4. The minimum absolute atomic E-state index is 0.220. The van der Waals surface area contributed by atoms with Crippen LogP contribution in [0, 0.1) is 0 Å². The highest BCUT2D eigenvalue weighted by Crippen LogP contribution is 2.30. The fourth-order valence-corrected chi connectivity index (χ4v) is 8.01. The minimum atomic E-state index is -3.74. The van der Waals surface area contributed by atoms with Gasteiger partial charge in [0.25, 0.3) is 0 Å². The van der Waals surface area contributed by atoms with Crippen LogP contribution in [0.3, 0.4) is 0 Å². The molecule has 2 aromatic heterocycles. The number of aromatic nitrogens is 1. The zero-order valence-electron chi connectivity index (χ0n) is 17.1. The maximum absolute atomic E-state index is 13.2. The van der Waals surface area contributed by atoms with Gasteiger partial charge in [-0.25, -0.2) is 13.4 Å². The van der Waals surface area contributed by atoms with Crippen LogP contribution < -0.4 is 5.32 Å². The predicted molar refractivity (Wildman–Crippen MR) is 128 cm³/mol. The van der Waals surface area contributed by atoms with E-state index in [2.05, 4.69) is 24.1 Å². The summed E-state index contributed by atoms with van der Waals surface area (Å²) in [7, 11) is -3.74. The molecule has 1 N–H and O–H groups in total. The van der Waals surface area contributed by atoms with E-state index in [-0.39, 0.29) is 23.2 Å². The average Bonchev–Trinajstić information content (AvgIpc) is 3.53. The maximum Gasteiger partial charge on any atom is 0.244 e. The molecule has 1 aliphatic rings. The van der Waals surface area contributed by atoms with Gasteiger partial charge in [-0.2, -0.15) is 4.31 Å². The second-order valence-electron chi connectivity index (χ2n) is 7.47. The molecule has 0 radical (unpaired) electrons. The van der Waals surface area contributed by atoms with Crippen LogP contribution in [0.5, 0.6) is 0 Å². The summed E-state index contributed by atoms with van der Waals surface area (Å²) in [5, 5.41) is 7.71. The number of amides is 1. The molecule has 0 bridgehead atoms. The van der Waals surface area contributed by atoms with Crippen molar-refractivity contribution in [3.8, 4) is 9.88 Å². The van der Waals surface area contributed by atoms with Crippen LogP contribution in [0.2, 0.25) is 0 Å². The van der Waals surface area contributed by atoms with Gasteiger partial charge in [0, 0.05) is 11.1 Å². The first-order valence-corrected chi connectivity index (χ1v) is 14.2. The Hall–Kier alpha value is -1.72. The summed E-state index contributed by atoms with van der Waals surface area (Å²) in [5.74, 6) is 0.736. The molecule has 3 heterocycles. The Balaban J connectivity index is 1.43. The summed E-state index contributed by atoms with van der Waals surface area (Å²) >= 11 is 4.60. The molecule has 4 rings (SSSR count). The first-order valence-electron chi connectivity index (χ1n) is 9.82. The SMILES string of the molecule is CC(C)c1ccc(S(=O)(=O)N2CSC[C@@H]2C(=O)NCc2csc(-c3cccs3)n2)cc1. The van der Waals surface area contributed by atoms with Gasteiger partial charge >= 0.3 is 0 Å². The minimum Gasteiger partial charge on any atom is -0.349 e. The lowest BCUT2D eigenvalue weighted by Crippen LogP contribution is -2.46. The smallest absolute Gasteiger partial charge is 0.244 e. The van der Waals surface area contributed by atoms with Crippen LogP contribution in [-0.4, -0.2) is 41.3 Å². The maximum atomic E-state index is 13.2. The van der Waals surface area contributed by atoms with E-state index in [0.29, 0.717) is 11.7 Å². The normalized spacial score (nSPS) is 17.3. The lowest BCUT2D eigenvalue weighted by atomic mass is 10.0. The second kappa shape index (κ2) is 9.41. The third-order valence-corrected chi connectivity index (χ3v) is 10.0. The molecule has 10 heteroatoms. The Labute approximate surface area is 194 Å². The molecule has 6 nitrogen and oxygen atoms in total. The fraction of sp³-hybridized carbons (Fsp3) is 0.333. The summed E-state index contributed by atoms with van der Waals surface area (Å²) in [5.41, 5.74) is 1.85. The van der Waals surface area contributed by atoms with Gasteiger partial charge in [-0.15, -0.1) is 34.4 Å². The molecular weight excluding hydrogens is 471 g/mol. The highest BCUT2D eigenvalue weighted by Gasteiger charge is 2.40. The molecule has 0 spiro atoms. The van der Waals surface area contributed by atoms with Gasteiger partial charge in [-0.05, 0) is 35.1 Å². The second-order valence-corrected chi connectivity index (χ2v) is 12.2. The van der Waals surface area contributed by atoms with E-state index in [1.54, 1.807) is 23.5 Å². The Morgan fingerprint density at radius 3 is 2.68 bits per heavy atom. The molecule has 1 amide bonds. The number of benzene rings is 1. The molecule has 1 aliphatic heterocycles. The number of thiophene rings is 1. The number of hydrogen-bond donors (Lipinski definition) is 1. The zero-order chi connectivity index (χ0) is 22.0. The van der Waals surface area contributed by atoms with Crippen molar-refractivity contribution in [3.63, 3.8) is 0 Å². The molecular formula is C21H23N3O3S4. The van der Waals surface area contributed by atoms with Crippen LogP contribution in [0.15, 0.2) is 52.1 Å². The number of carbonyl (C=O) groups is 1. The number of nitrogens with one attached hydrogen (secondary N) is 1. The van der Waals surface area contributed by atoms with E-state index < -0.39 is 16.1 Å². The third kappa shape index (κ3) is 4.88. The van der Waals surface area contributed by atoms with E-state index in [9.17, 15) is 13.2 Å². The molecule has 31 heavy (non-hydrogen) atoms. The molecule has 0 unspecified atom stereocenters. The molecule has 1 atom stereocenters. The highest BCUT2D eigenvalue weighted by atomic mass is 32.2. The average molecular weight is 494 g/mol. The van der Waals surface area contributed by atoms with E-state index >= 15 is 0 Å². The van der Waals surface area contributed by atoms with Crippen molar-refractivity contribution in [2.75, 3.05) is 11.6 Å². The van der Waals surface area contributed by atoms with Crippen LogP contribution in [0.1, 0.15) is 31.0 Å².